The number of hydrogen-bond donors (Lipinski definition) is 0. The third-order valence-electron chi connectivity index (χ3n) is 1.38. The molecule has 0 saturated carbocycles. The van der Waals surface area contributed by atoms with Gasteiger partial charge in [-0.1, -0.05) is 0 Å². The molecule has 0 aliphatic heterocycles. The molecule has 0 saturated heterocycles. The molecule has 5 heteroatoms. The van der Waals surface area contributed by atoms with Crippen LogP contribution in [0.2, 0.25) is 0 Å². The number of carbonyl (C=O) groups excluding carboxylic acids is 2. The fraction of sp³-hybridized carbons (Fsp3) is 0.714. The predicted molar refractivity (Wildman–Crippen MR) is 35.7 cm³/mol. The topological polar surface area (TPSA) is 66.4 Å². The fourth-order valence-corrected chi connectivity index (χ4v) is 0.747. The predicted octanol–water partition coefficient (Wildman–Crippen LogP) is -3.88. The van der Waals surface area contributed by atoms with Crippen LogP contribution in [0.15, 0.2) is 0 Å². The second kappa shape index (κ2) is 7.73. The zero-order chi connectivity index (χ0) is 8.85. The first kappa shape index (κ1) is 14.6. The summed E-state index contributed by atoms with van der Waals surface area (Å²) in [5, 5.41) is 10.1. The summed E-state index contributed by atoms with van der Waals surface area (Å²) < 4.78 is 4.33. The van der Waals surface area contributed by atoms with Crippen molar-refractivity contribution in [1.82, 2.24) is 0 Å². The van der Waals surface area contributed by atoms with E-state index in [9.17, 15) is 14.7 Å². The van der Waals surface area contributed by atoms with Crippen LogP contribution in [0, 0.1) is 5.92 Å². The Balaban J connectivity index is 0. The van der Waals surface area contributed by atoms with Crippen LogP contribution in [0.25, 0.3) is 0 Å². The van der Waals surface area contributed by atoms with Crippen molar-refractivity contribution in [3.8, 4) is 0 Å². The van der Waals surface area contributed by atoms with Gasteiger partial charge in [0.2, 0.25) is 0 Å². The quantitative estimate of drug-likeness (QED) is 0.253. The SMILES string of the molecule is COC(=O)C(CC[O-])C(C)=O.[Na+]. The molecule has 1 unspecified atom stereocenters. The van der Waals surface area contributed by atoms with Crippen LogP contribution >= 0.6 is 0 Å². The molecule has 4 nitrogen and oxygen atoms in total. The van der Waals surface area contributed by atoms with Crippen LogP contribution in [0.3, 0.4) is 0 Å². The van der Waals surface area contributed by atoms with Crippen LogP contribution in [-0.2, 0) is 14.3 Å². The number of esters is 1. The van der Waals surface area contributed by atoms with E-state index in [-0.39, 0.29) is 41.8 Å². The summed E-state index contributed by atoms with van der Waals surface area (Å²) in [6, 6.07) is 0. The third-order valence-corrected chi connectivity index (χ3v) is 1.38. The van der Waals surface area contributed by atoms with Gasteiger partial charge in [-0.25, -0.2) is 0 Å². The van der Waals surface area contributed by atoms with Crippen LogP contribution in [0.1, 0.15) is 13.3 Å². The van der Waals surface area contributed by atoms with Crippen LogP contribution in [0.4, 0.5) is 0 Å². The van der Waals surface area contributed by atoms with Crippen molar-refractivity contribution < 1.29 is 49.0 Å². The minimum Gasteiger partial charge on any atom is -0.854 e. The number of ketones is 1. The van der Waals surface area contributed by atoms with Crippen molar-refractivity contribution in [3.63, 3.8) is 0 Å². The van der Waals surface area contributed by atoms with Crippen molar-refractivity contribution in [2.45, 2.75) is 13.3 Å². The Morgan fingerprint density at radius 1 is 1.50 bits per heavy atom. The largest absolute Gasteiger partial charge is 1.00 e. The zero-order valence-corrected chi connectivity index (χ0v) is 9.62. The van der Waals surface area contributed by atoms with Gasteiger partial charge >= 0.3 is 35.5 Å². The van der Waals surface area contributed by atoms with Crippen molar-refractivity contribution in [2.24, 2.45) is 5.92 Å². The van der Waals surface area contributed by atoms with Gasteiger partial charge in [0.05, 0.1) is 7.11 Å². The number of ether oxygens (including phenoxy) is 1. The fourth-order valence-electron chi connectivity index (χ4n) is 0.747. The first-order chi connectivity index (χ1) is 5.13. The molecule has 0 aromatic heterocycles. The Bertz CT molecular complexity index is 157. The van der Waals surface area contributed by atoms with E-state index in [1.807, 2.05) is 0 Å². The van der Waals surface area contributed by atoms with Gasteiger partial charge in [0.25, 0.3) is 0 Å². The van der Waals surface area contributed by atoms with Crippen molar-refractivity contribution in [1.29, 1.82) is 0 Å². The molecule has 0 N–H and O–H groups in total. The first-order valence-corrected chi connectivity index (χ1v) is 3.29. The van der Waals surface area contributed by atoms with Gasteiger partial charge in [-0.2, -0.15) is 0 Å². The van der Waals surface area contributed by atoms with Crippen LogP contribution in [0.5, 0.6) is 0 Å². The molecule has 1 atom stereocenters. The van der Waals surface area contributed by atoms with Gasteiger partial charge in [-0.05, 0) is 13.3 Å². The molecule has 0 spiro atoms. The van der Waals surface area contributed by atoms with Gasteiger partial charge in [0.15, 0.2) is 0 Å². The van der Waals surface area contributed by atoms with Crippen molar-refractivity contribution >= 4 is 11.8 Å². The van der Waals surface area contributed by atoms with Crippen LogP contribution in [-0.4, -0.2) is 25.5 Å². The molecule has 0 fully saturated rings. The van der Waals surface area contributed by atoms with E-state index in [4.69, 9.17) is 0 Å². The van der Waals surface area contributed by atoms with E-state index in [1.54, 1.807) is 0 Å². The van der Waals surface area contributed by atoms with Gasteiger partial charge in [-0.3, -0.25) is 9.59 Å². The zero-order valence-electron chi connectivity index (χ0n) is 7.62. The molecule has 0 aliphatic carbocycles. The van der Waals surface area contributed by atoms with Gasteiger partial charge in [0, 0.05) is 0 Å². The molecule has 0 radical (unpaired) electrons. The second-order valence-corrected chi connectivity index (χ2v) is 2.18. The van der Waals surface area contributed by atoms with E-state index in [2.05, 4.69) is 4.74 Å². The maximum absolute atomic E-state index is 10.8. The minimum absolute atomic E-state index is 0. The average Bonchev–Trinajstić information content (AvgIpc) is 1.98. The molecule has 0 aromatic carbocycles. The maximum Gasteiger partial charge on any atom is 1.00 e. The third kappa shape index (κ3) is 4.87. The number of rotatable bonds is 4. The summed E-state index contributed by atoms with van der Waals surface area (Å²) in [6.45, 7) is 0.844. The van der Waals surface area contributed by atoms with Gasteiger partial charge < -0.3 is 9.84 Å². The molecule has 0 amide bonds. The summed E-state index contributed by atoms with van der Waals surface area (Å²) >= 11 is 0. The summed E-state index contributed by atoms with van der Waals surface area (Å²) in [4.78, 5) is 21.5. The van der Waals surface area contributed by atoms with E-state index in [1.165, 1.54) is 14.0 Å². The Morgan fingerprint density at radius 2 is 2.00 bits per heavy atom. The number of carbonyl (C=O) groups is 2. The Morgan fingerprint density at radius 3 is 2.25 bits per heavy atom. The number of hydrogen-bond acceptors (Lipinski definition) is 4. The molecule has 0 bridgehead atoms. The number of methoxy groups -OCH3 is 1. The minimum atomic E-state index is -0.863. The van der Waals surface area contributed by atoms with E-state index >= 15 is 0 Å². The standard InChI is InChI=1S/C7H11O4.Na/c1-5(9)6(3-4-8)7(10)11-2;/h6H,3-4H2,1-2H3;/q-1;+1. The van der Waals surface area contributed by atoms with Gasteiger partial charge in [-0.15, -0.1) is 6.61 Å². The second-order valence-electron chi connectivity index (χ2n) is 2.18. The molecule has 0 aliphatic rings. The summed E-state index contributed by atoms with van der Waals surface area (Å²) in [7, 11) is 1.20. The van der Waals surface area contributed by atoms with E-state index in [0.29, 0.717) is 0 Å². The van der Waals surface area contributed by atoms with Gasteiger partial charge in [0.1, 0.15) is 11.7 Å². The molecule has 0 rings (SSSR count). The summed E-state index contributed by atoms with van der Waals surface area (Å²) in [5.74, 6) is -1.79. The molecule has 64 valence electrons. The Hall–Kier alpha value is 0.1000. The van der Waals surface area contributed by atoms with Crippen LogP contribution < -0.4 is 34.7 Å². The molecular formula is C7H11NaO4. The summed E-state index contributed by atoms with van der Waals surface area (Å²) in [5.41, 5.74) is 0. The molecule has 12 heavy (non-hydrogen) atoms. The first-order valence-electron chi connectivity index (χ1n) is 3.29. The Labute approximate surface area is 93.6 Å². The summed E-state index contributed by atoms with van der Waals surface area (Å²) in [6.07, 6.45) is 0.0298. The molecule has 0 heterocycles. The Kier molecular flexibility index (Phi) is 9.42. The van der Waals surface area contributed by atoms with E-state index < -0.39 is 18.5 Å². The van der Waals surface area contributed by atoms with Crippen molar-refractivity contribution in [3.05, 3.63) is 0 Å². The normalized spacial score (nSPS) is 11.2. The monoisotopic (exact) mass is 182 g/mol. The average molecular weight is 182 g/mol. The van der Waals surface area contributed by atoms with E-state index in [0.717, 1.165) is 0 Å². The van der Waals surface area contributed by atoms with Crippen molar-refractivity contribution in [2.75, 3.05) is 13.7 Å². The molecular weight excluding hydrogens is 171 g/mol. The molecule has 0 aromatic rings. The number of Topliss-reactive ketones (excluding diaryl/α,β-unsaturated/α-hetero) is 1. The maximum atomic E-state index is 10.8. The smallest absolute Gasteiger partial charge is 0.854 e.